The van der Waals surface area contributed by atoms with Crippen molar-refractivity contribution in [3.05, 3.63) is 23.2 Å². The summed E-state index contributed by atoms with van der Waals surface area (Å²) in [6.45, 7) is 9.50. The summed E-state index contributed by atoms with van der Waals surface area (Å²) in [7, 11) is 0. The molecule has 108 valence electrons. The lowest BCUT2D eigenvalue weighted by molar-refractivity contribution is 0.200. The zero-order chi connectivity index (χ0) is 14.9. The Labute approximate surface area is 124 Å². The SMILES string of the molecule is CC(C)C(C)(C)Cn1nnnc1-c1cc(Cl)ccc1N. The number of hydrogen-bond donors (Lipinski definition) is 1. The van der Waals surface area contributed by atoms with E-state index in [1.165, 1.54) is 0 Å². The van der Waals surface area contributed by atoms with Gasteiger partial charge in [-0.15, -0.1) is 5.10 Å². The fraction of sp³-hybridized carbons (Fsp3) is 0.500. The van der Waals surface area contributed by atoms with E-state index in [1.807, 2.05) is 0 Å². The summed E-state index contributed by atoms with van der Waals surface area (Å²) in [5, 5.41) is 12.6. The molecule has 0 radical (unpaired) electrons. The Bertz CT molecular complexity index is 603. The number of nitrogen functional groups attached to an aromatic ring is 1. The summed E-state index contributed by atoms with van der Waals surface area (Å²) in [5.74, 6) is 1.16. The van der Waals surface area contributed by atoms with Crippen molar-refractivity contribution in [3.63, 3.8) is 0 Å². The normalized spacial score (nSPS) is 12.1. The molecule has 0 saturated carbocycles. The Hall–Kier alpha value is -1.62. The molecule has 2 aromatic rings. The second-order valence-corrected chi connectivity index (χ2v) is 6.47. The van der Waals surface area contributed by atoms with Crippen LogP contribution in [0.1, 0.15) is 27.7 Å². The second-order valence-electron chi connectivity index (χ2n) is 6.03. The highest BCUT2D eigenvalue weighted by Crippen LogP contribution is 2.31. The fourth-order valence-electron chi connectivity index (χ4n) is 1.79. The number of rotatable bonds is 4. The standard InChI is InChI=1S/C14H20ClN5/c1-9(2)14(3,4)8-20-13(17-18-19-20)11-7-10(15)5-6-12(11)16/h5-7,9H,8,16H2,1-4H3. The molecule has 0 atom stereocenters. The van der Waals surface area contributed by atoms with Gasteiger partial charge in [0.25, 0.3) is 0 Å². The number of tetrazole rings is 1. The lowest BCUT2D eigenvalue weighted by Gasteiger charge is -2.29. The molecule has 0 amide bonds. The summed E-state index contributed by atoms with van der Waals surface area (Å²) in [4.78, 5) is 0. The van der Waals surface area contributed by atoms with Gasteiger partial charge in [-0.1, -0.05) is 39.3 Å². The van der Waals surface area contributed by atoms with Crippen molar-refractivity contribution in [1.82, 2.24) is 20.2 Å². The van der Waals surface area contributed by atoms with E-state index in [2.05, 4.69) is 43.2 Å². The number of hydrogen-bond acceptors (Lipinski definition) is 4. The first-order valence-electron chi connectivity index (χ1n) is 6.63. The Morgan fingerprint density at radius 3 is 2.70 bits per heavy atom. The summed E-state index contributed by atoms with van der Waals surface area (Å²) < 4.78 is 1.79. The number of aromatic nitrogens is 4. The molecule has 5 nitrogen and oxygen atoms in total. The monoisotopic (exact) mass is 293 g/mol. The number of halogens is 1. The predicted octanol–water partition coefficient (Wildman–Crippen LogP) is 3.26. The van der Waals surface area contributed by atoms with Crippen molar-refractivity contribution in [2.45, 2.75) is 34.2 Å². The molecule has 0 saturated heterocycles. The molecule has 0 unspecified atom stereocenters. The van der Waals surface area contributed by atoms with E-state index in [9.17, 15) is 0 Å². The largest absolute Gasteiger partial charge is 0.398 e. The van der Waals surface area contributed by atoms with Gasteiger partial charge in [0.1, 0.15) is 0 Å². The maximum Gasteiger partial charge on any atom is 0.184 e. The van der Waals surface area contributed by atoms with E-state index in [0.29, 0.717) is 22.5 Å². The molecule has 0 spiro atoms. The van der Waals surface area contributed by atoms with Crippen LogP contribution in [0.2, 0.25) is 5.02 Å². The predicted molar refractivity (Wildman–Crippen MR) is 81.3 cm³/mol. The van der Waals surface area contributed by atoms with Gasteiger partial charge < -0.3 is 5.73 Å². The average Bonchev–Trinajstić information content (AvgIpc) is 2.79. The van der Waals surface area contributed by atoms with Crippen molar-refractivity contribution in [2.75, 3.05) is 5.73 Å². The molecule has 0 aliphatic rings. The summed E-state index contributed by atoms with van der Waals surface area (Å²) >= 11 is 6.04. The Kier molecular flexibility index (Phi) is 3.99. The van der Waals surface area contributed by atoms with Crippen LogP contribution in [0.25, 0.3) is 11.4 Å². The molecule has 1 aromatic carbocycles. The molecule has 0 bridgehead atoms. The fourth-order valence-corrected chi connectivity index (χ4v) is 1.97. The van der Waals surface area contributed by atoms with Crippen LogP contribution in [0.3, 0.4) is 0 Å². The van der Waals surface area contributed by atoms with E-state index in [-0.39, 0.29) is 5.41 Å². The molecular weight excluding hydrogens is 274 g/mol. The molecule has 2 N–H and O–H groups in total. The van der Waals surface area contributed by atoms with Gasteiger partial charge in [-0.2, -0.15) is 0 Å². The highest BCUT2D eigenvalue weighted by molar-refractivity contribution is 6.31. The minimum atomic E-state index is 0.0808. The van der Waals surface area contributed by atoms with Gasteiger partial charge in [-0.3, -0.25) is 0 Å². The van der Waals surface area contributed by atoms with E-state index < -0.39 is 0 Å². The van der Waals surface area contributed by atoms with Crippen LogP contribution in [0.15, 0.2) is 18.2 Å². The van der Waals surface area contributed by atoms with Crippen molar-refractivity contribution >= 4 is 17.3 Å². The second kappa shape index (κ2) is 5.40. The van der Waals surface area contributed by atoms with E-state index in [4.69, 9.17) is 17.3 Å². The molecular formula is C14H20ClN5. The van der Waals surface area contributed by atoms with Crippen molar-refractivity contribution in [2.24, 2.45) is 11.3 Å². The summed E-state index contributed by atoms with van der Waals surface area (Å²) in [5.41, 5.74) is 7.47. The lowest BCUT2D eigenvalue weighted by atomic mass is 9.81. The Morgan fingerprint density at radius 1 is 1.35 bits per heavy atom. The summed E-state index contributed by atoms with van der Waals surface area (Å²) in [6.07, 6.45) is 0. The molecule has 2 rings (SSSR count). The third-order valence-electron chi connectivity index (χ3n) is 3.91. The maximum absolute atomic E-state index is 6.04. The third-order valence-corrected chi connectivity index (χ3v) is 4.14. The number of benzene rings is 1. The molecule has 1 aromatic heterocycles. The highest BCUT2D eigenvalue weighted by Gasteiger charge is 2.25. The van der Waals surface area contributed by atoms with Gasteiger partial charge in [0.15, 0.2) is 5.82 Å². The maximum atomic E-state index is 6.04. The van der Waals surface area contributed by atoms with Crippen LogP contribution in [-0.4, -0.2) is 20.2 Å². The van der Waals surface area contributed by atoms with Crippen molar-refractivity contribution < 1.29 is 0 Å². The molecule has 20 heavy (non-hydrogen) atoms. The van der Waals surface area contributed by atoms with Gasteiger partial charge >= 0.3 is 0 Å². The first-order valence-corrected chi connectivity index (χ1v) is 7.00. The molecule has 0 aliphatic heterocycles. The van der Waals surface area contributed by atoms with Crippen LogP contribution in [0.4, 0.5) is 5.69 Å². The van der Waals surface area contributed by atoms with Crippen LogP contribution >= 0.6 is 11.6 Å². The smallest absolute Gasteiger partial charge is 0.184 e. The van der Waals surface area contributed by atoms with Crippen LogP contribution < -0.4 is 5.73 Å². The quantitative estimate of drug-likeness (QED) is 0.879. The molecule has 0 aliphatic carbocycles. The first kappa shape index (κ1) is 14.8. The van der Waals surface area contributed by atoms with Crippen LogP contribution in [0, 0.1) is 11.3 Å². The highest BCUT2D eigenvalue weighted by atomic mass is 35.5. The molecule has 6 heteroatoms. The third kappa shape index (κ3) is 2.93. The first-order chi connectivity index (χ1) is 9.31. The zero-order valence-corrected chi connectivity index (χ0v) is 13.0. The van der Waals surface area contributed by atoms with Crippen molar-refractivity contribution in [3.8, 4) is 11.4 Å². The molecule has 1 heterocycles. The van der Waals surface area contributed by atoms with E-state index in [0.717, 1.165) is 12.1 Å². The number of nitrogens with two attached hydrogens (primary N) is 1. The van der Waals surface area contributed by atoms with E-state index >= 15 is 0 Å². The minimum absolute atomic E-state index is 0.0808. The van der Waals surface area contributed by atoms with Crippen molar-refractivity contribution in [1.29, 1.82) is 0 Å². The Balaban J connectivity index is 2.41. The van der Waals surface area contributed by atoms with Gasteiger partial charge in [-0.25, -0.2) is 4.68 Å². The minimum Gasteiger partial charge on any atom is -0.398 e. The lowest BCUT2D eigenvalue weighted by Crippen LogP contribution is -2.26. The van der Waals surface area contributed by atoms with Crippen LogP contribution in [0.5, 0.6) is 0 Å². The van der Waals surface area contributed by atoms with Crippen LogP contribution in [-0.2, 0) is 6.54 Å². The van der Waals surface area contributed by atoms with Gasteiger partial charge in [0, 0.05) is 16.3 Å². The average molecular weight is 294 g/mol. The number of anilines is 1. The van der Waals surface area contributed by atoms with Gasteiger partial charge in [0.2, 0.25) is 0 Å². The number of nitrogens with zero attached hydrogens (tertiary/aromatic N) is 4. The Morgan fingerprint density at radius 2 is 2.05 bits per heavy atom. The summed E-state index contributed by atoms with van der Waals surface area (Å²) in [6, 6.07) is 5.32. The van der Waals surface area contributed by atoms with E-state index in [1.54, 1.807) is 22.9 Å². The molecule has 0 fully saturated rings. The van der Waals surface area contributed by atoms with Gasteiger partial charge in [-0.05, 0) is 40.0 Å². The topological polar surface area (TPSA) is 69.6 Å². The zero-order valence-electron chi connectivity index (χ0n) is 12.3. The van der Waals surface area contributed by atoms with Gasteiger partial charge in [0.05, 0.1) is 6.54 Å².